The van der Waals surface area contributed by atoms with E-state index in [2.05, 4.69) is 22.0 Å². The van der Waals surface area contributed by atoms with Gasteiger partial charge in [-0.25, -0.2) is 13.1 Å². The molecule has 0 spiro atoms. The van der Waals surface area contributed by atoms with E-state index >= 15 is 0 Å². The molecule has 0 amide bonds. The fraction of sp³-hybridized carbons (Fsp3) is 0.538. The summed E-state index contributed by atoms with van der Waals surface area (Å²) in [6, 6.07) is 7.38. The average molecular weight is 283 g/mol. The van der Waals surface area contributed by atoms with Gasteiger partial charge in [0.1, 0.15) is 0 Å². The molecule has 1 fully saturated rings. The fourth-order valence-electron chi connectivity index (χ4n) is 2.26. The Morgan fingerprint density at radius 2 is 1.95 bits per heavy atom. The van der Waals surface area contributed by atoms with Crippen LogP contribution in [0.5, 0.6) is 0 Å². The van der Waals surface area contributed by atoms with E-state index in [0.29, 0.717) is 10.9 Å². The summed E-state index contributed by atoms with van der Waals surface area (Å²) in [4.78, 5) is 2.60. The Morgan fingerprint density at radius 3 is 2.58 bits per heavy atom. The maximum atomic E-state index is 11.7. The molecule has 1 saturated heterocycles. The minimum absolute atomic E-state index is 0.299. The Bertz CT molecular complexity index is 522. The number of nitrogens with one attached hydrogen (secondary N) is 2. The predicted octanol–water partition coefficient (Wildman–Crippen LogP) is 1.10. The van der Waals surface area contributed by atoms with Crippen molar-refractivity contribution in [1.82, 2.24) is 9.62 Å². The number of anilines is 1. The summed E-state index contributed by atoms with van der Waals surface area (Å²) in [5.74, 6) is 0. The number of likely N-dealkylation sites (tertiary alicyclic amines) is 1. The summed E-state index contributed by atoms with van der Waals surface area (Å²) < 4.78 is 25.8. The van der Waals surface area contributed by atoms with E-state index in [0.717, 1.165) is 31.6 Å². The molecule has 1 heterocycles. The highest BCUT2D eigenvalue weighted by Crippen LogP contribution is 2.19. The van der Waals surface area contributed by atoms with E-state index in [-0.39, 0.29) is 0 Å². The highest BCUT2D eigenvalue weighted by atomic mass is 32.2. The third-order valence-corrected chi connectivity index (χ3v) is 4.91. The molecule has 0 unspecified atom stereocenters. The summed E-state index contributed by atoms with van der Waals surface area (Å²) in [6.07, 6.45) is 2.17. The molecule has 6 heteroatoms. The monoisotopic (exact) mass is 283 g/mol. The van der Waals surface area contributed by atoms with Gasteiger partial charge in [0.25, 0.3) is 0 Å². The smallest absolute Gasteiger partial charge is 0.240 e. The number of nitrogens with zero attached hydrogens (tertiary/aromatic N) is 1. The molecule has 0 bridgehead atoms. The molecule has 5 nitrogen and oxygen atoms in total. The quantitative estimate of drug-likeness (QED) is 0.869. The zero-order valence-electron chi connectivity index (χ0n) is 11.4. The number of hydrogen-bond donors (Lipinski definition) is 2. The lowest BCUT2D eigenvalue weighted by molar-refractivity contribution is 0.264. The standard InChI is InChI=1S/C13H21N3O2S/c1-14-19(17,18)13-5-3-4-12(10-13)15-11-6-8-16(2)9-7-11/h3-5,10-11,14-15H,6-9H2,1-2H3. The van der Waals surface area contributed by atoms with Crippen LogP contribution in [-0.4, -0.2) is 46.5 Å². The molecule has 1 aliphatic heterocycles. The van der Waals surface area contributed by atoms with E-state index in [1.165, 1.54) is 7.05 Å². The van der Waals surface area contributed by atoms with Crippen LogP contribution < -0.4 is 10.0 Å². The molecule has 0 aromatic heterocycles. The number of piperidine rings is 1. The van der Waals surface area contributed by atoms with E-state index in [9.17, 15) is 8.42 Å². The van der Waals surface area contributed by atoms with Gasteiger partial charge in [-0.1, -0.05) is 6.07 Å². The Balaban J connectivity index is 2.07. The van der Waals surface area contributed by atoms with Gasteiger partial charge in [-0.05, 0) is 58.2 Å². The zero-order chi connectivity index (χ0) is 13.9. The molecular formula is C13H21N3O2S. The van der Waals surface area contributed by atoms with Crippen LogP contribution in [0, 0.1) is 0 Å². The number of rotatable bonds is 4. The normalized spacial score (nSPS) is 18.4. The van der Waals surface area contributed by atoms with Gasteiger partial charge in [0.2, 0.25) is 10.0 Å². The number of hydrogen-bond acceptors (Lipinski definition) is 4. The maximum Gasteiger partial charge on any atom is 0.240 e. The van der Waals surface area contributed by atoms with Crippen LogP contribution in [0.3, 0.4) is 0 Å². The van der Waals surface area contributed by atoms with Gasteiger partial charge in [-0.2, -0.15) is 0 Å². The molecule has 2 rings (SSSR count). The van der Waals surface area contributed by atoms with Gasteiger partial charge in [0.15, 0.2) is 0 Å². The minimum Gasteiger partial charge on any atom is -0.382 e. The largest absolute Gasteiger partial charge is 0.382 e. The molecular weight excluding hydrogens is 262 g/mol. The van der Waals surface area contributed by atoms with Gasteiger partial charge in [0, 0.05) is 11.7 Å². The third kappa shape index (κ3) is 3.68. The van der Waals surface area contributed by atoms with Crippen LogP contribution in [0.1, 0.15) is 12.8 Å². The van der Waals surface area contributed by atoms with Crippen LogP contribution in [0.15, 0.2) is 29.2 Å². The minimum atomic E-state index is -3.37. The van der Waals surface area contributed by atoms with Crippen molar-refractivity contribution in [2.75, 3.05) is 32.5 Å². The van der Waals surface area contributed by atoms with E-state index in [1.54, 1.807) is 18.2 Å². The van der Waals surface area contributed by atoms with Crippen molar-refractivity contribution in [3.8, 4) is 0 Å². The van der Waals surface area contributed by atoms with Crippen molar-refractivity contribution in [1.29, 1.82) is 0 Å². The van der Waals surface area contributed by atoms with Gasteiger partial charge in [-0.15, -0.1) is 0 Å². The van der Waals surface area contributed by atoms with Crippen molar-refractivity contribution in [3.05, 3.63) is 24.3 Å². The van der Waals surface area contributed by atoms with E-state index in [1.807, 2.05) is 6.07 Å². The molecule has 1 aromatic carbocycles. The number of benzene rings is 1. The highest BCUT2D eigenvalue weighted by molar-refractivity contribution is 7.89. The summed E-state index contributed by atoms with van der Waals surface area (Å²) >= 11 is 0. The van der Waals surface area contributed by atoms with E-state index < -0.39 is 10.0 Å². The van der Waals surface area contributed by atoms with Crippen LogP contribution in [-0.2, 0) is 10.0 Å². The summed E-state index contributed by atoms with van der Waals surface area (Å²) in [7, 11) is 0.176. The first-order chi connectivity index (χ1) is 9.01. The Labute approximate surface area is 115 Å². The summed E-state index contributed by atoms with van der Waals surface area (Å²) in [6.45, 7) is 2.15. The highest BCUT2D eigenvalue weighted by Gasteiger charge is 2.17. The fourth-order valence-corrected chi connectivity index (χ4v) is 3.04. The SMILES string of the molecule is CNS(=O)(=O)c1cccc(NC2CCN(C)CC2)c1. The van der Waals surface area contributed by atoms with Crippen molar-refractivity contribution in [3.63, 3.8) is 0 Å². The zero-order valence-corrected chi connectivity index (χ0v) is 12.2. The Morgan fingerprint density at radius 1 is 1.26 bits per heavy atom. The first-order valence-electron chi connectivity index (χ1n) is 6.50. The van der Waals surface area contributed by atoms with Crippen LogP contribution in [0.2, 0.25) is 0 Å². The topological polar surface area (TPSA) is 61.4 Å². The third-order valence-electron chi connectivity index (χ3n) is 3.50. The predicted molar refractivity (Wildman–Crippen MR) is 76.8 cm³/mol. The average Bonchev–Trinajstić information content (AvgIpc) is 2.42. The lowest BCUT2D eigenvalue weighted by atomic mass is 10.1. The first kappa shape index (κ1) is 14.3. The molecule has 0 aliphatic carbocycles. The Hall–Kier alpha value is -1.11. The van der Waals surface area contributed by atoms with Gasteiger partial charge in [-0.3, -0.25) is 0 Å². The molecule has 0 atom stereocenters. The van der Waals surface area contributed by atoms with Gasteiger partial charge in [0.05, 0.1) is 4.90 Å². The second-order valence-electron chi connectivity index (χ2n) is 4.96. The first-order valence-corrected chi connectivity index (χ1v) is 7.98. The Kier molecular flexibility index (Phi) is 4.44. The molecule has 1 aliphatic rings. The van der Waals surface area contributed by atoms with Gasteiger partial charge < -0.3 is 10.2 Å². The van der Waals surface area contributed by atoms with Crippen LogP contribution >= 0.6 is 0 Å². The van der Waals surface area contributed by atoms with Gasteiger partial charge >= 0.3 is 0 Å². The second kappa shape index (κ2) is 5.90. The van der Waals surface area contributed by atoms with E-state index in [4.69, 9.17) is 0 Å². The molecule has 2 N–H and O–H groups in total. The second-order valence-corrected chi connectivity index (χ2v) is 6.84. The lowest BCUT2D eigenvalue weighted by Gasteiger charge is -2.30. The van der Waals surface area contributed by atoms with Crippen molar-refractivity contribution in [2.24, 2.45) is 0 Å². The molecule has 106 valence electrons. The molecule has 1 aromatic rings. The lowest BCUT2D eigenvalue weighted by Crippen LogP contribution is -2.36. The van der Waals surface area contributed by atoms with Crippen LogP contribution in [0.25, 0.3) is 0 Å². The van der Waals surface area contributed by atoms with Crippen molar-refractivity contribution in [2.45, 2.75) is 23.8 Å². The molecule has 19 heavy (non-hydrogen) atoms. The molecule has 0 saturated carbocycles. The molecule has 0 radical (unpaired) electrons. The van der Waals surface area contributed by atoms with Crippen molar-refractivity contribution < 1.29 is 8.42 Å². The number of sulfonamides is 1. The van der Waals surface area contributed by atoms with Crippen molar-refractivity contribution >= 4 is 15.7 Å². The maximum absolute atomic E-state index is 11.7. The summed E-state index contributed by atoms with van der Waals surface area (Å²) in [5, 5.41) is 3.42. The summed E-state index contributed by atoms with van der Waals surface area (Å²) in [5.41, 5.74) is 0.867. The van der Waals surface area contributed by atoms with Crippen LogP contribution in [0.4, 0.5) is 5.69 Å².